The van der Waals surface area contributed by atoms with Crippen LogP contribution in [0, 0.1) is 16.0 Å². The topological polar surface area (TPSA) is 190 Å². The number of nitrogens with one attached hydrogen (secondary N) is 3. The number of methoxy groups -OCH3 is 1. The predicted octanol–water partition coefficient (Wildman–Crippen LogP) is 2.68. The normalized spacial score (nSPS) is 12.5. The molecule has 38 heavy (non-hydrogen) atoms. The number of ether oxygens (including phenoxy) is 1. The molecular weight excluding hydrogens is 514 g/mol. The number of fused-ring (bicyclic) bond motifs is 1. The van der Waals surface area contributed by atoms with Crippen molar-refractivity contribution < 1.29 is 29.3 Å². The highest BCUT2D eigenvalue weighted by molar-refractivity contribution is 7.99. The van der Waals surface area contributed by atoms with E-state index in [4.69, 9.17) is 10.5 Å². The Hall–Kier alpha value is -3.94. The summed E-state index contributed by atoms with van der Waals surface area (Å²) in [5.41, 5.74) is 8.20. The third kappa shape index (κ3) is 6.88. The number of nitrogens with zero attached hydrogens (tertiary/aromatic N) is 1. The largest absolute Gasteiger partial charge is 0.467 e. The molecule has 0 aliphatic rings. The number of esters is 1. The van der Waals surface area contributed by atoms with Gasteiger partial charge in [-0.1, -0.05) is 42.1 Å². The molecule has 0 aliphatic carbocycles. The van der Waals surface area contributed by atoms with Crippen LogP contribution in [-0.2, 0) is 25.5 Å². The minimum atomic E-state index is -1.43. The number of hydrogen-bond donors (Lipinski definition) is 5. The second-order valence-electron chi connectivity index (χ2n) is 8.41. The Kier molecular flexibility index (Phi) is 10.2. The van der Waals surface area contributed by atoms with E-state index in [-0.39, 0.29) is 18.5 Å². The minimum absolute atomic E-state index is 0.0945. The molecule has 1 aromatic heterocycles. The van der Waals surface area contributed by atoms with Crippen LogP contribution in [0.2, 0.25) is 0 Å². The second-order valence-corrected chi connectivity index (χ2v) is 9.46. The van der Waals surface area contributed by atoms with Crippen LogP contribution in [0.3, 0.4) is 0 Å². The SMILES string of the molecule is COC(=O)C(CCCCN)NC(=O)C(Cc1c(Sc2ccccc2[N+](=O)[O-])[nH]c2ccccc12)C(=O)NO. The van der Waals surface area contributed by atoms with Crippen molar-refractivity contribution >= 4 is 46.1 Å². The maximum absolute atomic E-state index is 13.3. The second kappa shape index (κ2) is 13.6. The number of H-pyrrole nitrogens is 1. The van der Waals surface area contributed by atoms with Gasteiger partial charge in [-0.3, -0.25) is 24.9 Å². The number of nitro groups is 1. The average molecular weight is 544 g/mol. The summed E-state index contributed by atoms with van der Waals surface area (Å²) in [6.45, 7) is 0.415. The van der Waals surface area contributed by atoms with Gasteiger partial charge in [-0.2, -0.15) is 0 Å². The summed E-state index contributed by atoms with van der Waals surface area (Å²) in [6.07, 6.45) is 1.27. The van der Waals surface area contributed by atoms with E-state index in [9.17, 15) is 29.7 Å². The van der Waals surface area contributed by atoms with Gasteiger partial charge in [0.2, 0.25) is 5.91 Å². The molecule has 13 heteroatoms. The zero-order valence-corrected chi connectivity index (χ0v) is 21.5. The number of aromatic amines is 1. The molecular formula is C25H29N5O7S. The summed E-state index contributed by atoms with van der Waals surface area (Å²) in [5.74, 6) is -3.85. The standard InChI is InChI=1S/C25H29N5O7S/c1-37-25(33)19(10-6-7-13-26)27-22(31)17(23(32)29-34)14-16-15-8-2-3-9-18(15)28-24(16)38-21-12-5-4-11-20(21)30(35)36/h2-5,8-9,11-12,17,19,28,34H,6-7,10,13-14,26H2,1H3,(H,27,31)(H,29,32). The Bertz CT molecular complexity index is 1310. The molecule has 0 saturated heterocycles. The van der Waals surface area contributed by atoms with Gasteiger partial charge in [-0.25, -0.2) is 10.3 Å². The molecule has 2 unspecified atom stereocenters. The first-order valence-electron chi connectivity index (χ1n) is 11.8. The number of nitrogens with two attached hydrogens (primary N) is 1. The van der Waals surface area contributed by atoms with Crippen molar-refractivity contribution in [3.63, 3.8) is 0 Å². The summed E-state index contributed by atoms with van der Waals surface area (Å²) >= 11 is 1.09. The number of benzene rings is 2. The Labute approximate surface area is 222 Å². The first-order valence-corrected chi connectivity index (χ1v) is 12.6. The van der Waals surface area contributed by atoms with Gasteiger partial charge in [0.1, 0.15) is 12.0 Å². The molecule has 6 N–H and O–H groups in total. The number of amides is 2. The molecule has 2 amide bonds. The van der Waals surface area contributed by atoms with Gasteiger partial charge in [-0.05, 0) is 49.9 Å². The molecule has 0 aliphatic heterocycles. The highest BCUT2D eigenvalue weighted by Crippen LogP contribution is 2.39. The number of para-hydroxylation sites is 2. The lowest BCUT2D eigenvalue weighted by atomic mass is 9.96. The fourth-order valence-electron chi connectivity index (χ4n) is 4.01. The lowest BCUT2D eigenvalue weighted by molar-refractivity contribution is -0.387. The van der Waals surface area contributed by atoms with Crippen molar-refractivity contribution in [2.45, 2.75) is 41.6 Å². The summed E-state index contributed by atoms with van der Waals surface area (Å²) in [5, 5.41) is 24.7. The number of nitro benzene ring substituents is 1. The summed E-state index contributed by atoms with van der Waals surface area (Å²) in [6, 6.07) is 12.4. The zero-order valence-electron chi connectivity index (χ0n) is 20.6. The number of hydroxylamine groups is 1. The van der Waals surface area contributed by atoms with E-state index in [0.717, 1.165) is 11.8 Å². The average Bonchev–Trinajstić information content (AvgIpc) is 3.26. The number of rotatable bonds is 13. The summed E-state index contributed by atoms with van der Waals surface area (Å²) in [4.78, 5) is 52.8. The number of unbranched alkanes of at least 4 members (excludes halogenated alkanes) is 1. The van der Waals surface area contributed by atoms with Crippen molar-refractivity contribution in [3.8, 4) is 0 Å². The van der Waals surface area contributed by atoms with Gasteiger partial charge < -0.3 is 20.8 Å². The Morgan fingerprint density at radius 2 is 1.84 bits per heavy atom. The van der Waals surface area contributed by atoms with Crippen LogP contribution < -0.4 is 16.5 Å². The lowest BCUT2D eigenvalue weighted by Crippen LogP contribution is -2.48. The molecule has 0 bridgehead atoms. The van der Waals surface area contributed by atoms with Crippen LogP contribution in [-0.4, -0.2) is 52.6 Å². The molecule has 0 fully saturated rings. The fourth-order valence-corrected chi connectivity index (χ4v) is 5.10. The Morgan fingerprint density at radius 3 is 2.53 bits per heavy atom. The van der Waals surface area contributed by atoms with Gasteiger partial charge in [0.05, 0.1) is 22.0 Å². The molecule has 12 nitrogen and oxygen atoms in total. The van der Waals surface area contributed by atoms with E-state index in [1.54, 1.807) is 42.5 Å². The molecule has 202 valence electrons. The van der Waals surface area contributed by atoms with Crippen molar-refractivity contribution in [2.75, 3.05) is 13.7 Å². The van der Waals surface area contributed by atoms with Crippen LogP contribution in [0.1, 0.15) is 24.8 Å². The number of carbonyl (C=O) groups excluding carboxylic acids is 3. The third-order valence-corrected chi connectivity index (χ3v) is 7.07. The molecule has 3 rings (SSSR count). The van der Waals surface area contributed by atoms with E-state index in [1.165, 1.54) is 18.7 Å². The van der Waals surface area contributed by atoms with Gasteiger partial charge in [0, 0.05) is 17.0 Å². The van der Waals surface area contributed by atoms with Crippen molar-refractivity contribution in [2.24, 2.45) is 11.7 Å². The van der Waals surface area contributed by atoms with Gasteiger partial charge in [-0.15, -0.1) is 0 Å². The molecule has 3 aromatic rings. The monoisotopic (exact) mass is 543 g/mol. The van der Waals surface area contributed by atoms with Crippen LogP contribution in [0.15, 0.2) is 58.5 Å². The van der Waals surface area contributed by atoms with Crippen LogP contribution >= 0.6 is 11.8 Å². The smallest absolute Gasteiger partial charge is 0.328 e. The number of aromatic nitrogens is 1. The maximum atomic E-state index is 13.3. The quantitative estimate of drug-likeness (QED) is 0.0539. The first-order chi connectivity index (χ1) is 18.3. The number of carbonyl (C=O) groups is 3. The van der Waals surface area contributed by atoms with E-state index < -0.39 is 34.7 Å². The maximum Gasteiger partial charge on any atom is 0.328 e. The van der Waals surface area contributed by atoms with Gasteiger partial charge >= 0.3 is 5.97 Å². The lowest BCUT2D eigenvalue weighted by Gasteiger charge is -2.20. The van der Waals surface area contributed by atoms with Crippen molar-refractivity contribution in [1.82, 2.24) is 15.8 Å². The number of hydrogen-bond acceptors (Lipinski definition) is 9. The van der Waals surface area contributed by atoms with Gasteiger partial charge in [0.15, 0.2) is 0 Å². The van der Waals surface area contributed by atoms with E-state index >= 15 is 0 Å². The molecule has 2 atom stereocenters. The Morgan fingerprint density at radius 1 is 1.13 bits per heavy atom. The Balaban J connectivity index is 1.97. The van der Waals surface area contributed by atoms with Crippen LogP contribution in [0.5, 0.6) is 0 Å². The summed E-state index contributed by atoms with van der Waals surface area (Å²) < 4.78 is 4.79. The molecule has 0 radical (unpaired) electrons. The molecule has 0 spiro atoms. The first kappa shape index (κ1) is 28.6. The molecule has 2 aromatic carbocycles. The zero-order chi connectivity index (χ0) is 27.7. The van der Waals surface area contributed by atoms with Crippen LogP contribution in [0.25, 0.3) is 10.9 Å². The van der Waals surface area contributed by atoms with Crippen molar-refractivity contribution in [1.29, 1.82) is 0 Å². The van der Waals surface area contributed by atoms with Gasteiger partial charge in [0.25, 0.3) is 11.6 Å². The fraction of sp³-hybridized carbons (Fsp3) is 0.320. The minimum Gasteiger partial charge on any atom is -0.467 e. The highest BCUT2D eigenvalue weighted by atomic mass is 32.2. The molecule has 0 saturated carbocycles. The van der Waals surface area contributed by atoms with E-state index in [2.05, 4.69) is 10.3 Å². The van der Waals surface area contributed by atoms with Crippen LogP contribution in [0.4, 0.5) is 5.69 Å². The third-order valence-electron chi connectivity index (χ3n) is 5.95. The van der Waals surface area contributed by atoms with Crippen molar-refractivity contribution in [3.05, 3.63) is 64.2 Å². The van der Waals surface area contributed by atoms with E-state index in [1.807, 2.05) is 0 Å². The highest BCUT2D eigenvalue weighted by Gasteiger charge is 2.33. The molecule has 1 heterocycles. The van der Waals surface area contributed by atoms with E-state index in [0.29, 0.717) is 45.8 Å². The predicted molar refractivity (Wildman–Crippen MR) is 139 cm³/mol. The summed E-state index contributed by atoms with van der Waals surface area (Å²) in [7, 11) is 1.19.